The highest BCUT2D eigenvalue weighted by Gasteiger charge is 2.24. The molecule has 3 amide bonds. The number of para-hydroxylation sites is 1. The number of benzene rings is 3. The molecule has 4 N–H and O–H groups in total. The summed E-state index contributed by atoms with van der Waals surface area (Å²) in [5.41, 5.74) is 7.42. The molecule has 0 spiro atoms. The average Bonchev–Trinajstić information content (AvgIpc) is 3.05. The topological polar surface area (TPSA) is 105 Å². The summed E-state index contributed by atoms with van der Waals surface area (Å²) < 4.78 is 0. The number of carbonyl (C=O) groups is 3. The monoisotopic (exact) mass is 504 g/mol. The van der Waals surface area contributed by atoms with Crippen molar-refractivity contribution in [3.63, 3.8) is 0 Å². The van der Waals surface area contributed by atoms with Gasteiger partial charge in [0.25, 0.3) is 0 Å². The fourth-order valence-electron chi connectivity index (χ4n) is 4.36. The first kappa shape index (κ1) is 25.7. The molecule has 0 saturated heterocycles. The quantitative estimate of drug-likeness (QED) is 0.393. The zero-order chi connectivity index (χ0) is 25.3. The van der Waals surface area contributed by atoms with Gasteiger partial charge in [-0.1, -0.05) is 54.6 Å². The highest BCUT2D eigenvalue weighted by atomic mass is 32.2. The summed E-state index contributed by atoms with van der Waals surface area (Å²) in [5, 5.41) is 7.90. The first-order chi connectivity index (χ1) is 17.5. The third kappa shape index (κ3) is 6.65. The maximum atomic E-state index is 12.8. The van der Waals surface area contributed by atoms with Crippen LogP contribution in [0.15, 0.2) is 71.6 Å². The second-order valence-electron chi connectivity index (χ2n) is 8.80. The van der Waals surface area contributed by atoms with E-state index >= 15 is 0 Å². The Morgan fingerprint density at radius 2 is 1.81 bits per heavy atom. The minimum absolute atomic E-state index is 0.0724. The van der Waals surface area contributed by atoms with Gasteiger partial charge in [0, 0.05) is 49.5 Å². The number of thioether (sulfide) groups is 1. The van der Waals surface area contributed by atoms with E-state index < -0.39 is 6.04 Å². The molecule has 0 fully saturated rings. The maximum absolute atomic E-state index is 12.8. The van der Waals surface area contributed by atoms with Gasteiger partial charge in [-0.15, -0.1) is 11.8 Å². The first-order valence-corrected chi connectivity index (χ1v) is 13.3. The molecule has 36 heavy (non-hydrogen) atoms. The van der Waals surface area contributed by atoms with Gasteiger partial charge >= 0.3 is 0 Å². The number of nitrogens with one attached hydrogen (secondary N) is 2. The lowest BCUT2D eigenvalue weighted by atomic mass is 10.0. The molecule has 7 nitrogen and oxygen atoms in total. The maximum Gasteiger partial charge on any atom is 0.242 e. The lowest BCUT2D eigenvalue weighted by Crippen LogP contribution is -2.49. The van der Waals surface area contributed by atoms with Gasteiger partial charge in [0.2, 0.25) is 17.7 Å². The van der Waals surface area contributed by atoms with Gasteiger partial charge in [-0.3, -0.25) is 14.4 Å². The summed E-state index contributed by atoms with van der Waals surface area (Å²) >= 11 is 1.68. The SMILES string of the molecule is NCCNC(=O)[C@@H](Cc1ccc2ccccc2c1)NC(=O)CCCN1C(=O)CCSc2ccccc21. The molecule has 0 radical (unpaired) electrons. The van der Waals surface area contributed by atoms with Gasteiger partial charge in [0.1, 0.15) is 6.04 Å². The Morgan fingerprint density at radius 3 is 2.64 bits per heavy atom. The van der Waals surface area contributed by atoms with Crippen LogP contribution in [0, 0.1) is 0 Å². The summed E-state index contributed by atoms with van der Waals surface area (Å²) in [5.74, 6) is 0.355. The highest BCUT2D eigenvalue weighted by molar-refractivity contribution is 7.99. The summed E-state index contributed by atoms with van der Waals surface area (Å²) in [6, 6.07) is 21.3. The molecule has 0 aromatic heterocycles. The molecule has 1 atom stereocenters. The first-order valence-electron chi connectivity index (χ1n) is 12.3. The number of hydrogen-bond donors (Lipinski definition) is 3. The van der Waals surface area contributed by atoms with Crippen LogP contribution in [-0.2, 0) is 20.8 Å². The molecule has 0 aliphatic carbocycles. The van der Waals surface area contributed by atoms with Crippen molar-refractivity contribution in [3.05, 3.63) is 72.3 Å². The number of nitrogens with two attached hydrogens (primary N) is 1. The van der Waals surface area contributed by atoms with E-state index in [1.807, 2.05) is 66.7 Å². The molecule has 0 bridgehead atoms. The van der Waals surface area contributed by atoms with Crippen molar-refractivity contribution in [2.75, 3.05) is 30.3 Å². The Bertz CT molecular complexity index is 1230. The van der Waals surface area contributed by atoms with Crippen LogP contribution in [0.5, 0.6) is 0 Å². The Balaban J connectivity index is 1.38. The Hall–Kier alpha value is -3.36. The second-order valence-corrected chi connectivity index (χ2v) is 9.94. The largest absolute Gasteiger partial charge is 0.353 e. The van der Waals surface area contributed by atoms with Crippen LogP contribution in [-0.4, -0.2) is 49.2 Å². The van der Waals surface area contributed by atoms with Crippen molar-refractivity contribution in [1.82, 2.24) is 10.6 Å². The fraction of sp³-hybridized carbons (Fsp3) is 0.321. The van der Waals surface area contributed by atoms with Crippen molar-refractivity contribution >= 4 is 45.9 Å². The smallest absolute Gasteiger partial charge is 0.242 e. The zero-order valence-electron chi connectivity index (χ0n) is 20.2. The number of rotatable bonds is 10. The van der Waals surface area contributed by atoms with E-state index in [9.17, 15) is 14.4 Å². The Kier molecular flexibility index (Phi) is 8.97. The second kappa shape index (κ2) is 12.6. The molecular weight excluding hydrogens is 472 g/mol. The van der Waals surface area contributed by atoms with Gasteiger partial charge in [-0.05, 0) is 34.9 Å². The molecule has 1 aliphatic heterocycles. The molecule has 188 valence electrons. The number of carbonyl (C=O) groups excluding carboxylic acids is 3. The molecule has 1 heterocycles. The number of nitrogens with zero attached hydrogens (tertiary/aromatic N) is 1. The minimum atomic E-state index is -0.706. The highest BCUT2D eigenvalue weighted by Crippen LogP contribution is 2.34. The number of hydrogen-bond acceptors (Lipinski definition) is 5. The van der Waals surface area contributed by atoms with Crippen LogP contribution < -0.4 is 21.3 Å². The van der Waals surface area contributed by atoms with Gasteiger partial charge < -0.3 is 21.3 Å². The molecule has 1 aliphatic rings. The summed E-state index contributed by atoms with van der Waals surface area (Å²) in [7, 11) is 0. The van der Waals surface area contributed by atoms with E-state index in [0.29, 0.717) is 38.9 Å². The van der Waals surface area contributed by atoms with Crippen LogP contribution in [0.4, 0.5) is 5.69 Å². The van der Waals surface area contributed by atoms with Crippen LogP contribution in [0.2, 0.25) is 0 Å². The standard InChI is InChI=1S/C28H32N4O3S/c29-14-15-30-28(35)23(19-20-11-12-21-6-1-2-7-22(21)18-20)31-26(33)10-5-16-32-24-8-3-4-9-25(24)36-17-13-27(32)34/h1-4,6-9,11-12,18,23H,5,10,13-17,19,29H2,(H,30,35)(H,31,33)/t23-/m1/s1. The van der Waals surface area contributed by atoms with E-state index in [0.717, 1.165) is 32.7 Å². The fourth-order valence-corrected chi connectivity index (χ4v) is 5.36. The van der Waals surface area contributed by atoms with Crippen molar-refractivity contribution < 1.29 is 14.4 Å². The molecule has 3 aromatic rings. The normalized spacial score (nSPS) is 14.1. The van der Waals surface area contributed by atoms with Gasteiger partial charge in [0.05, 0.1) is 5.69 Å². The van der Waals surface area contributed by atoms with Crippen molar-refractivity contribution in [3.8, 4) is 0 Å². The molecule has 0 saturated carbocycles. The summed E-state index contributed by atoms with van der Waals surface area (Å²) in [6.45, 7) is 1.13. The number of fused-ring (bicyclic) bond motifs is 2. The van der Waals surface area contributed by atoms with E-state index in [4.69, 9.17) is 5.73 Å². The van der Waals surface area contributed by atoms with Gasteiger partial charge in [0.15, 0.2) is 0 Å². The predicted molar refractivity (Wildman–Crippen MR) is 145 cm³/mol. The van der Waals surface area contributed by atoms with Gasteiger partial charge in [-0.25, -0.2) is 0 Å². The van der Waals surface area contributed by atoms with Crippen LogP contribution in [0.3, 0.4) is 0 Å². The zero-order valence-corrected chi connectivity index (χ0v) is 21.1. The predicted octanol–water partition coefficient (Wildman–Crippen LogP) is 3.25. The number of anilines is 1. The van der Waals surface area contributed by atoms with Crippen molar-refractivity contribution in [1.29, 1.82) is 0 Å². The molecule has 3 aromatic carbocycles. The minimum Gasteiger partial charge on any atom is -0.353 e. The molecule has 4 rings (SSSR count). The van der Waals surface area contributed by atoms with Gasteiger partial charge in [-0.2, -0.15) is 0 Å². The van der Waals surface area contributed by atoms with E-state index in [-0.39, 0.29) is 24.1 Å². The summed E-state index contributed by atoms with van der Waals surface area (Å²) in [6.07, 6.45) is 1.57. The van der Waals surface area contributed by atoms with E-state index in [1.54, 1.807) is 16.7 Å². The third-order valence-electron chi connectivity index (χ3n) is 6.17. The summed E-state index contributed by atoms with van der Waals surface area (Å²) in [4.78, 5) is 41.2. The molecule has 8 heteroatoms. The van der Waals surface area contributed by atoms with E-state index in [1.165, 1.54) is 0 Å². The van der Waals surface area contributed by atoms with Crippen LogP contribution in [0.1, 0.15) is 24.8 Å². The average molecular weight is 505 g/mol. The molecular formula is C28H32N4O3S. The van der Waals surface area contributed by atoms with Crippen molar-refractivity contribution in [2.45, 2.75) is 36.6 Å². The Morgan fingerprint density at radius 1 is 1.03 bits per heavy atom. The van der Waals surface area contributed by atoms with Crippen LogP contribution in [0.25, 0.3) is 10.8 Å². The lowest BCUT2D eigenvalue weighted by Gasteiger charge is -2.23. The van der Waals surface area contributed by atoms with Crippen LogP contribution >= 0.6 is 11.8 Å². The number of amides is 3. The molecule has 0 unspecified atom stereocenters. The third-order valence-corrected chi connectivity index (χ3v) is 7.23. The van der Waals surface area contributed by atoms with Crippen molar-refractivity contribution in [2.24, 2.45) is 5.73 Å². The lowest BCUT2D eigenvalue weighted by molar-refractivity contribution is -0.129. The Labute approximate surface area is 215 Å². The van der Waals surface area contributed by atoms with E-state index in [2.05, 4.69) is 10.6 Å².